The van der Waals surface area contributed by atoms with Crippen LogP contribution in [0, 0.1) is 0 Å². The molecule has 8 N–H and O–H groups in total. The van der Waals surface area contributed by atoms with Crippen molar-refractivity contribution in [1.82, 2.24) is 44.5 Å². The lowest BCUT2D eigenvalue weighted by atomic mass is 10.0. The van der Waals surface area contributed by atoms with Gasteiger partial charge >= 0.3 is 0 Å². The van der Waals surface area contributed by atoms with E-state index in [0.29, 0.717) is 86.4 Å². The van der Waals surface area contributed by atoms with Gasteiger partial charge in [0.1, 0.15) is 17.1 Å². The molecule has 9 heterocycles. The quantitative estimate of drug-likeness (QED) is 0.0427. The molecule has 6 saturated heterocycles. The fourth-order valence-electron chi connectivity index (χ4n) is 13.4. The Morgan fingerprint density at radius 3 is 1.49 bits per heavy atom. The van der Waals surface area contributed by atoms with Crippen molar-refractivity contribution in [1.29, 1.82) is 0 Å². The molecule has 0 aliphatic carbocycles. The predicted molar refractivity (Wildman–Crippen MR) is 342 cm³/mol. The third-order valence-corrected chi connectivity index (χ3v) is 18.6. The van der Waals surface area contributed by atoms with E-state index in [1.54, 1.807) is 31.5 Å². The Bertz CT molecular complexity index is 3380. The molecule has 6 fully saturated rings. The summed E-state index contributed by atoms with van der Waals surface area (Å²) in [6.07, 6.45) is 8.08. The summed E-state index contributed by atoms with van der Waals surface area (Å²) in [5, 5.41) is 13.7. The fourth-order valence-corrected chi connectivity index (χ4v) is 13.4. The molecule has 472 valence electrons. The highest BCUT2D eigenvalue weighted by Gasteiger charge is 2.32. The van der Waals surface area contributed by atoms with Gasteiger partial charge in [0.2, 0.25) is 0 Å². The van der Waals surface area contributed by atoms with E-state index in [1.807, 2.05) is 42.6 Å². The van der Waals surface area contributed by atoms with Crippen LogP contribution in [0.1, 0.15) is 89.9 Å². The fraction of sp³-hybridized carbons (Fsp3) is 0.492. The number of halogens is 2. The van der Waals surface area contributed by atoms with Crippen LogP contribution >= 0.6 is 0 Å². The molecular formula is C65H83F2N17O5. The zero-order valence-electron chi connectivity index (χ0n) is 51.0. The summed E-state index contributed by atoms with van der Waals surface area (Å²) in [5.41, 5.74) is 17.6. The number of hydrogen-bond donors (Lipinski definition) is 6. The Labute approximate surface area is 519 Å². The van der Waals surface area contributed by atoms with Gasteiger partial charge in [-0.25, -0.2) is 28.7 Å². The van der Waals surface area contributed by atoms with E-state index >= 15 is 0 Å². The molecular weight excluding hydrogens is 1140 g/mol. The lowest BCUT2D eigenvalue weighted by Crippen LogP contribution is -2.53. The van der Waals surface area contributed by atoms with Gasteiger partial charge in [-0.05, 0) is 107 Å². The second kappa shape index (κ2) is 28.3. The number of benzene rings is 3. The molecule has 6 aromatic rings. The third kappa shape index (κ3) is 14.6. The van der Waals surface area contributed by atoms with E-state index in [2.05, 4.69) is 74.8 Å². The Morgan fingerprint density at radius 1 is 0.573 bits per heavy atom. The number of aromatic nitrogens is 5. The first kappa shape index (κ1) is 61.4. The normalized spacial score (nSPS) is 19.3. The van der Waals surface area contributed by atoms with Crippen molar-refractivity contribution in [2.45, 2.75) is 88.5 Å². The molecule has 12 rings (SSSR count). The summed E-state index contributed by atoms with van der Waals surface area (Å²) < 4.78 is 46.1. The molecule has 22 nitrogen and oxygen atoms in total. The highest BCUT2D eigenvalue weighted by Crippen LogP contribution is 2.40. The number of nitrogens with one attached hydrogen (secondary N) is 4. The van der Waals surface area contributed by atoms with E-state index in [-0.39, 0.29) is 57.7 Å². The van der Waals surface area contributed by atoms with E-state index < -0.39 is 18.2 Å². The number of carbonyl (C=O) groups excluding carboxylic acids is 2. The Balaban J connectivity index is 0.676. The summed E-state index contributed by atoms with van der Waals surface area (Å²) in [6, 6.07) is 23.4. The maximum atomic E-state index is 14.3. The van der Waals surface area contributed by atoms with Gasteiger partial charge in [0, 0.05) is 188 Å². The number of likely N-dealkylation sites (N-methyl/N-ethyl adjacent to an activating group) is 1. The first-order valence-corrected chi connectivity index (χ1v) is 31.5. The number of hydrogen-bond acceptors (Lipinski definition) is 20. The average Bonchev–Trinajstić information content (AvgIpc) is 1.09. The number of piperazine rings is 2. The van der Waals surface area contributed by atoms with E-state index in [0.717, 1.165) is 134 Å². The van der Waals surface area contributed by atoms with Crippen molar-refractivity contribution in [2.75, 3.05) is 150 Å². The van der Waals surface area contributed by atoms with Crippen molar-refractivity contribution < 1.29 is 32.6 Å². The number of nitrogens with two attached hydrogens (primary N) is 2. The smallest absolute Gasteiger partial charge is 0.271 e. The Kier molecular flexibility index (Phi) is 19.5. The SMILES string of the molecule is COc1c(CN2CCN(C3CCN(c4ccc(Nc5nc(NC6CCOCC6)c(-c6ccccc6C(F)F)nc5C(N)=O)cc4)CC3)CC2)cncc1-c1nc(C(N)=O)c(Nc2ccc(N3CCC(N4CCN(C)CC4)CC3)cc2)nc1NC1CCOCC1. The summed E-state index contributed by atoms with van der Waals surface area (Å²) in [7, 11) is 3.86. The summed E-state index contributed by atoms with van der Waals surface area (Å²) in [4.78, 5) is 65.5. The van der Waals surface area contributed by atoms with Crippen LogP contribution in [0.15, 0.2) is 85.2 Å². The van der Waals surface area contributed by atoms with Gasteiger partial charge in [0.05, 0.1) is 12.7 Å². The molecule has 3 aromatic carbocycles. The van der Waals surface area contributed by atoms with Gasteiger partial charge in [0.25, 0.3) is 18.2 Å². The van der Waals surface area contributed by atoms with Crippen LogP contribution in [0.4, 0.5) is 54.8 Å². The van der Waals surface area contributed by atoms with Crippen molar-refractivity contribution in [3.63, 3.8) is 0 Å². The van der Waals surface area contributed by atoms with Crippen LogP contribution < -0.4 is 47.3 Å². The number of ether oxygens (including phenoxy) is 3. The van der Waals surface area contributed by atoms with Gasteiger partial charge in [0.15, 0.2) is 34.7 Å². The first-order valence-electron chi connectivity index (χ1n) is 31.5. The number of alkyl halides is 2. The third-order valence-electron chi connectivity index (χ3n) is 18.6. The minimum Gasteiger partial charge on any atom is -0.496 e. The lowest BCUT2D eigenvalue weighted by Gasteiger charge is -2.43. The monoisotopic (exact) mass is 1220 g/mol. The summed E-state index contributed by atoms with van der Waals surface area (Å²) >= 11 is 0. The molecule has 6 aliphatic heterocycles. The molecule has 0 bridgehead atoms. The number of rotatable bonds is 20. The van der Waals surface area contributed by atoms with Crippen molar-refractivity contribution in [3.8, 4) is 28.3 Å². The standard InChI is InChI=1S/C65H83F2N17O5/c1-79-27-31-83(32-28-79)49-15-23-81(24-16-49)47-13-9-44(10-14-47)72-65-57(61(69)86)76-55(63(78-65)74-46-21-37-89-38-22-46)53-40-70-39-42(58(53)87-2)41-80-29-33-84(34-30-80)50-17-25-82(26-18-50)48-11-7-43(8-12-48)71-64-56(60(68)85)75-54(51-5-3-4-6-52(51)59(66)67)62(77-64)73-45-19-35-88-36-20-45/h3-14,39-40,45-46,49-50,59H,15-38,41H2,1-2H3,(H2,68,85)(H2,69,86)(H2,71,73,77)(H2,72,74,78). The Hall–Kier alpha value is -7.87. The molecule has 24 heteroatoms. The number of carbonyl (C=O) groups is 2. The maximum Gasteiger partial charge on any atom is 0.271 e. The Morgan fingerprint density at radius 2 is 1.03 bits per heavy atom. The van der Waals surface area contributed by atoms with Crippen LogP contribution in [-0.4, -0.2) is 200 Å². The highest BCUT2D eigenvalue weighted by molar-refractivity contribution is 5.99. The molecule has 0 unspecified atom stereocenters. The van der Waals surface area contributed by atoms with Crippen LogP contribution in [0.25, 0.3) is 22.5 Å². The van der Waals surface area contributed by atoms with Crippen LogP contribution in [0.5, 0.6) is 5.75 Å². The summed E-state index contributed by atoms with van der Waals surface area (Å²) in [6.45, 7) is 14.9. The van der Waals surface area contributed by atoms with Crippen molar-refractivity contribution in [3.05, 3.63) is 108 Å². The largest absolute Gasteiger partial charge is 0.496 e. The number of anilines is 8. The average molecular weight is 1220 g/mol. The van der Waals surface area contributed by atoms with Gasteiger partial charge in [-0.3, -0.25) is 29.3 Å². The van der Waals surface area contributed by atoms with Crippen LogP contribution in [0.2, 0.25) is 0 Å². The van der Waals surface area contributed by atoms with E-state index in [4.69, 9.17) is 45.6 Å². The van der Waals surface area contributed by atoms with E-state index in [9.17, 15) is 18.4 Å². The zero-order valence-corrected chi connectivity index (χ0v) is 51.0. The van der Waals surface area contributed by atoms with Gasteiger partial charge in [-0.2, -0.15) is 0 Å². The lowest BCUT2D eigenvalue weighted by molar-refractivity contribution is 0.0807. The van der Waals surface area contributed by atoms with Crippen LogP contribution in [-0.2, 0) is 16.0 Å². The highest BCUT2D eigenvalue weighted by atomic mass is 19.3. The number of pyridine rings is 1. The molecule has 0 saturated carbocycles. The predicted octanol–water partition coefficient (Wildman–Crippen LogP) is 7.81. The minimum atomic E-state index is -2.77. The van der Waals surface area contributed by atoms with Gasteiger partial charge < -0.3 is 61.6 Å². The number of methoxy groups -OCH3 is 1. The molecule has 0 spiro atoms. The summed E-state index contributed by atoms with van der Waals surface area (Å²) in [5.74, 6) is 0.231. The van der Waals surface area contributed by atoms with E-state index in [1.165, 1.54) is 11.8 Å². The molecule has 3 aromatic heterocycles. The zero-order chi connectivity index (χ0) is 61.4. The van der Waals surface area contributed by atoms with Crippen molar-refractivity contribution in [2.24, 2.45) is 11.5 Å². The van der Waals surface area contributed by atoms with Gasteiger partial charge in [-0.15, -0.1) is 0 Å². The molecule has 0 atom stereocenters. The molecule has 0 radical (unpaired) electrons. The second-order valence-corrected chi connectivity index (χ2v) is 24.2. The molecule has 89 heavy (non-hydrogen) atoms. The minimum absolute atomic E-state index is 0.0121. The number of nitrogens with zero attached hydrogens (tertiary/aromatic N) is 11. The topological polar surface area (TPSA) is 246 Å². The maximum absolute atomic E-state index is 14.3. The first-order chi connectivity index (χ1) is 43.4. The number of amides is 2. The van der Waals surface area contributed by atoms with Crippen molar-refractivity contribution >= 4 is 57.8 Å². The van der Waals surface area contributed by atoms with Gasteiger partial charge in [-0.1, -0.05) is 24.3 Å². The number of piperidine rings is 2. The molecule has 2 amide bonds. The molecule has 6 aliphatic rings. The number of primary amides is 2. The van der Waals surface area contributed by atoms with Crippen LogP contribution in [0.3, 0.4) is 0 Å². The second-order valence-electron chi connectivity index (χ2n) is 24.2.